The number of carbonyl (C=O) groups is 2. The van der Waals surface area contributed by atoms with E-state index in [1.807, 2.05) is 0 Å². The summed E-state index contributed by atoms with van der Waals surface area (Å²) in [5, 5.41) is 21.6. The van der Waals surface area contributed by atoms with Crippen LogP contribution in [-0.4, -0.2) is 34.1 Å². The fourth-order valence-corrected chi connectivity index (χ4v) is 11.5. The van der Waals surface area contributed by atoms with Crippen molar-refractivity contribution >= 4 is 64.6 Å². The van der Waals surface area contributed by atoms with Crippen molar-refractivity contribution in [3.63, 3.8) is 0 Å². The Morgan fingerprint density at radius 2 is 0.943 bits per heavy atom. The molecule has 0 aromatic heterocycles. The zero-order valence-corrected chi connectivity index (χ0v) is 20.5. The van der Waals surface area contributed by atoms with Crippen molar-refractivity contribution in [2.45, 2.75) is 12.4 Å². The van der Waals surface area contributed by atoms with Gasteiger partial charge in [0.15, 0.2) is 0 Å². The van der Waals surface area contributed by atoms with Gasteiger partial charge in [-0.05, 0) is 0 Å². The number of alkyl halides is 6. The van der Waals surface area contributed by atoms with E-state index in [1.54, 1.807) is 0 Å². The Hall–Kier alpha value is -2.82. The Labute approximate surface area is 205 Å². The molecular weight excluding hydrogens is 732 g/mol. The van der Waals surface area contributed by atoms with E-state index in [1.165, 1.54) is 0 Å². The zero-order valence-electron chi connectivity index (χ0n) is 16.2. The number of benzene rings is 2. The molecule has 0 heterocycles. The van der Waals surface area contributed by atoms with Gasteiger partial charge in [-0.3, -0.25) is 0 Å². The molecule has 35 heavy (non-hydrogen) atoms. The summed E-state index contributed by atoms with van der Waals surface area (Å²) in [5.41, 5.74) is -1.03. The fraction of sp³-hybridized carbons (Fsp3) is 0.125. The Bertz CT molecular complexity index is 1020. The number of carbonyl (C=O) groups excluding carboxylic acids is 2. The molecule has 0 spiro atoms. The molecular formula is C16H8F6I2N2O9. The summed E-state index contributed by atoms with van der Waals surface area (Å²) >= 11 is -8.80. The minimum atomic E-state index is -5.53. The van der Waals surface area contributed by atoms with E-state index in [4.69, 9.17) is 1.40 Å². The van der Waals surface area contributed by atoms with E-state index in [2.05, 4.69) is 6.13 Å². The van der Waals surface area contributed by atoms with Crippen LogP contribution in [0.15, 0.2) is 48.5 Å². The van der Waals surface area contributed by atoms with Crippen LogP contribution in [0.3, 0.4) is 0 Å². The molecule has 0 aliphatic heterocycles. The first-order chi connectivity index (χ1) is 16.1. The van der Waals surface area contributed by atoms with Crippen molar-refractivity contribution in [1.82, 2.24) is 0 Å². The molecule has 192 valence electrons. The van der Waals surface area contributed by atoms with Crippen LogP contribution in [0.2, 0.25) is 0 Å². The summed E-state index contributed by atoms with van der Waals surface area (Å²) in [6.07, 6.45) is -11.1. The van der Waals surface area contributed by atoms with Gasteiger partial charge in [0.25, 0.3) is 0 Å². The van der Waals surface area contributed by atoms with E-state index >= 15 is 0 Å². The number of nitrogens with zero attached hydrogens (tertiary/aromatic N) is 2. The fourth-order valence-electron chi connectivity index (χ4n) is 1.77. The summed E-state index contributed by atoms with van der Waals surface area (Å²) in [5.74, 6) is -5.52. The second kappa shape index (κ2) is 11.3. The summed E-state index contributed by atoms with van der Waals surface area (Å²) in [4.78, 5) is 42.7. The van der Waals surface area contributed by atoms with Gasteiger partial charge >= 0.3 is 206 Å². The maximum atomic E-state index is 12.8. The predicted molar refractivity (Wildman–Crippen MR) is 117 cm³/mol. The summed E-state index contributed by atoms with van der Waals surface area (Å²) < 4.78 is 89.8. The Kier molecular flexibility index (Phi) is 9.16. The van der Waals surface area contributed by atoms with Gasteiger partial charge in [-0.2, -0.15) is 0 Å². The van der Waals surface area contributed by atoms with Crippen molar-refractivity contribution in [3.05, 3.63) is 75.9 Å². The van der Waals surface area contributed by atoms with Crippen LogP contribution in [-0.2, 0) is 17.1 Å². The van der Waals surface area contributed by atoms with Crippen molar-refractivity contribution < 1.29 is 53.3 Å². The van der Waals surface area contributed by atoms with Crippen LogP contribution >= 0.6 is 41.3 Å². The van der Waals surface area contributed by atoms with Crippen LogP contribution in [0.5, 0.6) is 0 Å². The Morgan fingerprint density at radius 3 is 1.17 bits per heavy atom. The van der Waals surface area contributed by atoms with Crippen LogP contribution in [0, 0.1) is 27.4 Å². The van der Waals surface area contributed by atoms with Gasteiger partial charge in [0, 0.05) is 0 Å². The Morgan fingerprint density at radius 1 is 0.657 bits per heavy atom. The van der Waals surface area contributed by atoms with Gasteiger partial charge in [-0.1, -0.05) is 0 Å². The van der Waals surface area contributed by atoms with Gasteiger partial charge < -0.3 is 0 Å². The van der Waals surface area contributed by atoms with E-state index in [0.717, 1.165) is 48.5 Å². The van der Waals surface area contributed by atoms with Crippen LogP contribution in [0.1, 0.15) is 0 Å². The molecule has 0 N–H and O–H groups in total. The minimum absolute atomic E-state index is 0.329. The molecule has 0 atom stereocenters. The van der Waals surface area contributed by atoms with Crippen molar-refractivity contribution in [2.75, 3.05) is 0 Å². The van der Waals surface area contributed by atoms with Gasteiger partial charge in [0.2, 0.25) is 0 Å². The number of halogens is 8. The second-order valence-corrected chi connectivity index (χ2v) is 14.1. The normalized spacial score (nSPS) is 12.4. The number of non-ortho nitro benzene ring substituents is 2. The molecule has 0 saturated carbocycles. The molecule has 0 unspecified atom stereocenters. The first-order valence-corrected chi connectivity index (χ1v) is 13.9. The SMILES string of the molecule is O=C(OI(OI(OC(=O)C(F)(F)F)c1ccc([N+](=O)[O-])cc1)c1ccc([N+](=O)[O-])cc1)C(F)(F)F. The maximum absolute atomic E-state index is 12.8. The average Bonchev–Trinajstić information content (AvgIpc) is 2.76. The van der Waals surface area contributed by atoms with E-state index in [-0.39, 0.29) is 7.14 Å². The Balaban J connectivity index is 2.49. The molecule has 2 rings (SSSR count). The number of hydrogen-bond donors (Lipinski definition) is 0. The number of rotatable bonds is 8. The monoisotopic (exact) mass is 740 g/mol. The summed E-state index contributed by atoms with van der Waals surface area (Å²) in [6, 6.07) is 6.72. The molecule has 0 aliphatic carbocycles. The van der Waals surface area contributed by atoms with Gasteiger partial charge in [-0.15, -0.1) is 0 Å². The zero-order chi connectivity index (χ0) is 26.6. The topological polar surface area (TPSA) is 148 Å². The molecule has 11 nitrogen and oxygen atoms in total. The van der Waals surface area contributed by atoms with Crippen molar-refractivity contribution in [3.8, 4) is 0 Å². The molecule has 19 heteroatoms. The van der Waals surface area contributed by atoms with Crippen molar-refractivity contribution in [1.29, 1.82) is 0 Å². The van der Waals surface area contributed by atoms with Crippen LogP contribution < -0.4 is 0 Å². The number of nitro groups is 2. The first-order valence-electron chi connectivity index (χ1n) is 8.27. The molecule has 0 amide bonds. The standard InChI is InChI=1S/C16H8F6I2N2O9/c17-15(18,19)13(27)33-23(9-1-5-11(6-2-9)25(29)30)35-24(34-14(28)16(20,21)22)10-3-7-12(8-4-10)26(31)32/h1-8H. The third-order valence-electron chi connectivity index (χ3n) is 3.28. The molecule has 0 saturated heterocycles. The average molecular weight is 740 g/mol. The van der Waals surface area contributed by atoms with E-state index in [9.17, 15) is 56.2 Å². The number of nitro benzene ring substituents is 2. The van der Waals surface area contributed by atoms with Gasteiger partial charge in [0.05, 0.1) is 0 Å². The molecule has 2 aromatic carbocycles. The van der Waals surface area contributed by atoms with Crippen LogP contribution in [0.4, 0.5) is 37.7 Å². The quantitative estimate of drug-likeness (QED) is 0.149. The predicted octanol–water partition coefficient (Wildman–Crippen LogP) is 5.44. The van der Waals surface area contributed by atoms with Gasteiger partial charge in [0.1, 0.15) is 0 Å². The number of hydrogen-bond acceptors (Lipinski definition) is 9. The molecule has 0 bridgehead atoms. The van der Waals surface area contributed by atoms with Crippen LogP contribution in [0.25, 0.3) is 0 Å². The summed E-state index contributed by atoms with van der Waals surface area (Å²) in [6.45, 7) is 0. The molecule has 0 radical (unpaired) electrons. The second-order valence-electron chi connectivity index (χ2n) is 5.68. The summed E-state index contributed by atoms with van der Waals surface area (Å²) in [7, 11) is 0. The third-order valence-corrected chi connectivity index (χ3v) is 13.0. The molecule has 2 aromatic rings. The molecule has 0 fully saturated rings. The first kappa shape index (κ1) is 28.4. The third kappa shape index (κ3) is 8.12. The van der Waals surface area contributed by atoms with Crippen molar-refractivity contribution in [2.24, 2.45) is 0 Å². The van der Waals surface area contributed by atoms with Gasteiger partial charge in [-0.25, -0.2) is 0 Å². The molecule has 0 aliphatic rings. The van der Waals surface area contributed by atoms with E-state index in [0.29, 0.717) is 0 Å². The van der Waals surface area contributed by atoms with E-state index < -0.39 is 86.8 Å².